The first-order valence-corrected chi connectivity index (χ1v) is 8.13. The second kappa shape index (κ2) is 6.66. The Hall–Kier alpha value is -2.32. The number of phenolic OH excluding ortho intramolecular Hbond substituents is 1. The first-order chi connectivity index (χ1) is 11.5. The molecule has 1 aromatic carbocycles. The molecule has 1 fully saturated rings. The molecule has 1 amide bonds. The molecule has 2 heterocycles. The predicted molar refractivity (Wildman–Crippen MR) is 95.3 cm³/mol. The SMILES string of the molecule is COc1cc(Br)c(/C=C2\NC(=S)N(Cc3ccco3)C2=O)cc1O. The van der Waals surface area contributed by atoms with Crippen molar-refractivity contribution < 1.29 is 19.1 Å². The molecule has 124 valence electrons. The first-order valence-electron chi connectivity index (χ1n) is 6.93. The third-order valence-corrected chi connectivity index (χ3v) is 4.46. The number of thiocarbonyl (C=S) groups is 1. The maximum Gasteiger partial charge on any atom is 0.276 e. The van der Waals surface area contributed by atoms with Gasteiger partial charge in [0.25, 0.3) is 5.91 Å². The van der Waals surface area contributed by atoms with E-state index in [4.69, 9.17) is 21.4 Å². The van der Waals surface area contributed by atoms with Gasteiger partial charge >= 0.3 is 0 Å². The van der Waals surface area contributed by atoms with Crippen LogP contribution in [-0.4, -0.2) is 28.1 Å². The lowest BCUT2D eigenvalue weighted by Crippen LogP contribution is -2.29. The summed E-state index contributed by atoms with van der Waals surface area (Å²) in [6.45, 7) is 0.254. The Morgan fingerprint density at radius 3 is 2.96 bits per heavy atom. The van der Waals surface area contributed by atoms with Crippen LogP contribution < -0.4 is 10.1 Å². The summed E-state index contributed by atoms with van der Waals surface area (Å²) < 4.78 is 11.0. The van der Waals surface area contributed by atoms with Gasteiger partial charge in [0.05, 0.1) is 19.9 Å². The van der Waals surface area contributed by atoms with E-state index in [9.17, 15) is 9.90 Å². The van der Waals surface area contributed by atoms with Gasteiger partial charge in [0.1, 0.15) is 11.5 Å². The Morgan fingerprint density at radius 2 is 2.29 bits per heavy atom. The zero-order chi connectivity index (χ0) is 17.3. The normalized spacial score (nSPS) is 15.9. The molecule has 1 aliphatic rings. The van der Waals surface area contributed by atoms with E-state index in [-0.39, 0.29) is 18.2 Å². The summed E-state index contributed by atoms with van der Waals surface area (Å²) in [6.07, 6.45) is 3.15. The van der Waals surface area contributed by atoms with Crippen molar-refractivity contribution in [3.63, 3.8) is 0 Å². The number of carbonyl (C=O) groups excluding carboxylic acids is 1. The van der Waals surface area contributed by atoms with Gasteiger partial charge in [-0.25, -0.2) is 0 Å². The van der Waals surface area contributed by atoms with Crippen molar-refractivity contribution in [2.24, 2.45) is 0 Å². The van der Waals surface area contributed by atoms with Crippen molar-refractivity contribution >= 4 is 45.2 Å². The van der Waals surface area contributed by atoms with Crippen LogP contribution >= 0.6 is 28.1 Å². The molecule has 3 rings (SSSR count). The van der Waals surface area contributed by atoms with Crippen molar-refractivity contribution in [2.75, 3.05) is 7.11 Å². The van der Waals surface area contributed by atoms with Crippen molar-refractivity contribution in [3.05, 3.63) is 52.0 Å². The van der Waals surface area contributed by atoms with Gasteiger partial charge in [-0.2, -0.15) is 0 Å². The second-order valence-corrected chi connectivity index (χ2v) is 6.25. The summed E-state index contributed by atoms with van der Waals surface area (Å²) >= 11 is 8.60. The molecule has 6 nitrogen and oxygen atoms in total. The van der Waals surface area contributed by atoms with Crippen LogP contribution in [0.4, 0.5) is 0 Å². The highest BCUT2D eigenvalue weighted by atomic mass is 79.9. The quantitative estimate of drug-likeness (QED) is 0.598. The molecular weight excluding hydrogens is 396 g/mol. The number of nitrogens with zero attached hydrogens (tertiary/aromatic N) is 1. The summed E-state index contributed by atoms with van der Waals surface area (Å²) in [4.78, 5) is 13.9. The molecule has 1 saturated heterocycles. The number of ether oxygens (including phenoxy) is 1. The number of aromatic hydroxyl groups is 1. The van der Waals surface area contributed by atoms with E-state index in [1.165, 1.54) is 18.1 Å². The number of amides is 1. The molecule has 0 radical (unpaired) electrons. The number of methoxy groups -OCH3 is 1. The number of nitrogens with one attached hydrogen (secondary N) is 1. The molecular formula is C16H13BrN2O4S. The van der Waals surface area contributed by atoms with Crippen LogP contribution in [0.3, 0.4) is 0 Å². The topological polar surface area (TPSA) is 74.9 Å². The summed E-state index contributed by atoms with van der Waals surface area (Å²) in [5.74, 6) is 0.688. The number of halogens is 1. The highest BCUT2D eigenvalue weighted by molar-refractivity contribution is 9.10. The van der Waals surface area contributed by atoms with Crippen LogP contribution in [0.1, 0.15) is 11.3 Å². The molecule has 1 aliphatic heterocycles. The minimum atomic E-state index is -0.265. The Morgan fingerprint density at radius 1 is 1.50 bits per heavy atom. The maximum atomic E-state index is 12.5. The number of hydrogen-bond acceptors (Lipinski definition) is 5. The minimum Gasteiger partial charge on any atom is -0.504 e. The third-order valence-electron chi connectivity index (χ3n) is 3.45. The van der Waals surface area contributed by atoms with Crippen LogP contribution in [0.2, 0.25) is 0 Å². The highest BCUT2D eigenvalue weighted by Gasteiger charge is 2.31. The van der Waals surface area contributed by atoms with Gasteiger partial charge in [-0.05, 0) is 48.1 Å². The standard InChI is InChI=1S/C16H13BrN2O4S/c1-22-14-7-11(17)9(6-13(14)20)5-12-15(21)19(16(24)18-12)8-10-3-2-4-23-10/h2-7,20H,8H2,1H3,(H,18,24)/b12-5-. The highest BCUT2D eigenvalue weighted by Crippen LogP contribution is 2.33. The van der Waals surface area contributed by atoms with E-state index in [0.717, 1.165) is 0 Å². The smallest absolute Gasteiger partial charge is 0.276 e. The van der Waals surface area contributed by atoms with Gasteiger partial charge in [0.15, 0.2) is 16.6 Å². The molecule has 1 aromatic heterocycles. The fraction of sp³-hybridized carbons (Fsp3) is 0.125. The van der Waals surface area contributed by atoms with Crippen LogP contribution in [0.5, 0.6) is 11.5 Å². The molecule has 0 bridgehead atoms. The Bertz CT molecular complexity index is 833. The molecule has 8 heteroatoms. The van der Waals surface area contributed by atoms with Crippen LogP contribution in [0.25, 0.3) is 6.08 Å². The number of hydrogen-bond donors (Lipinski definition) is 2. The average molecular weight is 409 g/mol. The van der Waals surface area contributed by atoms with E-state index in [2.05, 4.69) is 21.2 Å². The van der Waals surface area contributed by atoms with Gasteiger partial charge in [-0.3, -0.25) is 9.69 Å². The van der Waals surface area contributed by atoms with Crippen LogP contribution in [0, 0.1) is 0 Å². The molecule has 0 atom stereocenters. The minimum absolute atomic E-state index is 0.0204. The lowest BCUT2D eigenvalue weighted by Gasteiger charge is -2.11. The number of benzene rings is 1. The molecule has 0 saturated carbocycles. The summed E-state index contributed by atoms with van der Waals surface area (Å²) in [7, 11) is 1.46. The van der Waals surface area contributed by atoms with Crippen molar-refractivity contribution in [1.29, 1.82) is 0 Å². The van der Waals surface area contributed by atoms with Crippen LogP contribution in [-0.2, 0) is 11.3 Å². The monoisotopic (exact) mass is 408 g/mol. The molecule has 24 heavy (non-hydrogen) atoms. The summed E-state index contributed by atoms with van der Waals surface area (Å²) in [5, 5.41) is 13.1. The largest absolute Gasteiger partial charge is 0.504 e. The fourth-order valence-electron chi connectivity index (χ4n) is 2.26. The molecule has 2 N–H and O–H groups in total. The van der Waals surface area contributed by atoms with Crippen molar-refractivity contribution in [2.45, 2.75) is 6.54 Å². The zero-order valence-corrected chi connectivity index (χ0v) is 15.0. The van der Waals surface area contributed by atoms with E-state index < -0.39 is 0 Å². The van der Waals surface area contributed by atoms with Crippen molar-refractivity contribution in [1.82, 2.24) is 10.2 Å². The van der Waals surface area contributed by atoms with Gasteiger partial charge in [-0.15, -0.1) is 0 Å². The van der Waals surface area contributed by atoms with Gasteiger partial charge in [0, 0.05) is 4.47 Å². The van der Waals surface area contributed by atoms with Gasteiger partial charge in [-0.1, -0.05) is 15.9 Å². The lowest BCUT2D eigenvalue weighted by molar-refractivity contribution is -0.122. The second-order valence-electron chi connectivity index (χ2n) is 5.00. The molecule has 0 spiro atoms. The third kappa shape index (κ3) is 3.15. The summed E-state index contributed by atoms with van der Waals surface area (Å²) in [6, 6.07) is 6.65. The fourth-order valence-corrected chi connectivity index (χ4v) is 2.96. The molecule has 0 aliphatic carbocycles. The average Bonchev–Trinajstić information content (AvgIpc) is 3.15. The van der Waals surface area contributed by atoms with Crippen molar-refractivity contribution in [3.8, 4) is 11.5 Å². The first kappa shape index (κ1) is 16.5. The Kier molecular flexibility index (Phi) is 4.59. The van der Waals surface area contributed by atoms with Gasteiger partial charge in [0.2, 0.25) is 0 Å². The van der Waals surface area contributed by atoms with Gasteiger partial charge < -0.3 is 19.6 Å². The predicted octanol–water partition coefficient (Wildman–Crippen LogP) is 3.01. The Labute approximate surface area is 151 Å². The van der Waals surface area contributed by atoms with E-state index in [0.29, 0.717) is 32.4 Å². The van der Waals surface area contributed by atoms with E-state index in [1.54, 1.807) is 30.5 Å². The number of furan rings is 1. The van der Waals surface area contributed by atoms with E-state index >= 15 is 0 Å². The summed E-state index contributed by atoms with van der Waals surface area (Å²) in [5.41, 5.74) is 0.934. The Balaban J connectivity index is 1.88. The molecule has 0 unspecified atom stereocenters. The van der Waals surface area contributed by atoms with Crippen LogP contribution in [0.15, 0.2) is 45.1 Å². The lowest BCUT2D eigenvalue weighted by atomic mass is 10.1. The molecule has 2 aromatic rings. The number of phenols is 1. The number of rotatable bonds is 4. The number of carbonyl (C=O) groups is 1. The maximum absolute atomic E-state index is 12.5. The zero-order valence-electron chi connectivity index (χ0n) is 12.6. The van der Waals surface area contributed by atoms with E-state index in [1.807, 2.05) is 0 Å².